The lowest BCUT2D eigenvalue weighted by molar-refractivity contribution is -0.122. The van der Waals surface area contributed by atoms with Gasteiger partial charge in [-0.2, -0.15) is 0 Å². The van der Waals surface area contributed by atoms with Gasteiger partial charge in [-0.05, 0) is 30.5 Å². The molecule has 100 valence electrons. The Labute approximate surface area is 117 Å². The van der Waals surface area contributed by atoms with Crippen LogP contribution in [0.2, 0.25) is 0 Å². The van der Waals surface area contributed by atoms with E-state index >= 15 is 0 Å². The highest BCUT2D eigenvalue weighted by atomic mass is 79.9. The van der Waals surface area contributed by atoms with Crippen molar-refractivity contribution in [2.75, 3.05) is 13.7 Å². The van der Waals surface area contributed by atoms with Gasteiger partial charge in [0.25, 0.3) is 0 Å². The summed E-state index contributed by atoms with van der Waals surface area (Å²) in [7, 11) is 1.65. The largest absolute Gasteiger partial charge is 0.384 e. The van der Waals surface area contributed by atoms with E-state index in [0.29, 0.717) is 13.0 Å². The number of halogens is 1. The highest BCUT2D eigenvalue weighted by Crippen LogP contribution is 2.18. The summed E-state index contributed by atoms with van der Waals surface area (Å²) in [6.07, 6.45) is 0.492. The van der Waals surface area contributed by atoms with Crippen molar-refractivity contribution in [1.82, 2.24) is 5.32 Å². The number of amides is 1. The molecule has 0 aromatic heterocycles. The fourth-order valence-electron chi connectivity index (χ4n) is 1.82. The van der Waals surface area contributed by atoms with Crippen molar-refractivity contribution in [2.45, 2.75) is 26.3 Å². The van der Waals surface area contributed by atoms with E-state index in [1.54, 1.807) is 7.11 Å². The van der Waals surface area contributed by atoms with Crippen LogP contribution in [0.25, 0.3) is 0 Å². The highest BCUT2D eigenvalue weighted by Gasteiger charge is 2.12. The van der Waals surface area contributed by atoms with E-state index in [4.69, 9.17) is 4.74 Å². The molecule has 1 N–H and O–H groups in total. The van der Waals surface area contributed by atoms with E-state index < -0.39 is 0 Å². The lowest BCUT2D eigenvalue weighted by Gasteiger charge is -2.16. The first kappa shape index (κ1) is 15.2. The zero-order valence-corrected chi connectivity index (χ0v) is 12.7. The fraction of sp³-hybridized carbons (Fsp3) is 0.500. The predicted octanol–water partition coefficient (Wildman–Crippen LogP) is 3.30. The normalized spacial score (nSPS) is 14.0. The van der Waals surface area contributed by atoms with Gasteiger partial charge in [0.1, 0.15) is 0 Å². The van der Waals surface area contributed by atoms with Gasteiger partial charge in [0.2, 0.25) is 5.91 Å². The summed E-state index contributed by atoms with van der Waals surface area (Å²) in [4.78, 5) is 11.8. The van der Waals surface area contributed by atoms with Crippen LogP contribution < -0.4 is 5.32 Å². The molecule has 0 heterocycles. The molecule has 0 aliphatic rings. The van der Waals surface area contributed by atoms with Gasteiger partial charge < -0.3 is 10.1 Å². The van der Waals surface area contributed by atoms with Crippen molar-refractivity contribution in [3.05, 3.63) is 34.3 Å². The number of carbonyl (C=O) groups is 1. The Morgan fingerprint density at radius 2 is 2.17 bits per heavy atom. The summed E-state index contributed by atoms with van der Waals surface area (Å²) in [5, 5.41) is 3.00. The lowest BCUT2D eigenvalue weighted by Crippen LogP contribution is -2.28. The van der Waals surface area contributed by atoms with Crippen LogP contribution in [0.4, 0.5) is 0 Å². The average molecular weight is 314 g/mol. The maximum atomic E-state index is 11.8. The third-order valence-corrected chi connectivity index (χ3v) is 3.20. The minimum absolute atomic E-state index is 0.0183. The van der Waals surface area contributed by atoms with Crippen molar-refractivity contribution >= 4 is 21.8 Å². The topological polar surface area (TPSA) is 38.3 Å². The van der Waals surface area contributed by atoms with Gasteiger partial charge in [0.05, 0.1) is 6.04 Å². The van der Waals surface area contributed by atoms with Crippen LogP contribution in [-0.2, 0) is 9.53 Å². The van der Waals surface area contributed by atoms with E-state index in [-0.39, 0.29) is 17.9 Å². The van der Waals surface area contributed by atoms with Crippen LogP contribution in [0, 0.1) is 5.92 Å². The van der Waals surface area contributed by atoms with Crippen LogP contribution in [0.15, 0.2) is 28.7 Å². The van der Waals surface area contributed by atoms with Crippen LogP contribution in [0.5, 0.6) is 0 Å². The Bertz CT molecular complexity index is 395. The van der Waals surface area contributed by atoms with Crippen LogP contribution >= 0.6 is 15.9 Å². The highest BCUT2D eigenvalue weighted by molar-refractivity contribution is 9.10. The van der Waals surface area contributed by atoms with E-state index in [1.807, 2.05) is 38.1 Å². The number of ether oxygens (including phenoxy) is 1. The molecule has 1 aromatic carbocycles. The maximum Gasteiger partial charge on any atom is 0.220 e. The van der Waals surface area contributed by atoms with Gasteiger partial charge in [-0.3, -0.25) is 4.79 Å². The summed E-state index contributed by atoms with van der Waals surface area (Å²) in [5.41, 5.74) is 1.09. The molecule has 0 saturated heterocycles. The van der Waals surface area contributed by atoms with E-state index in [9.17, 15) is 4.79 Å². The van der Waals surface area contributed by atoms with Crippen molar-refractivity contribution in [2.24, 2.45) is 5.92 Å². The zero-order valence-electron chi connectivity index (χ0n) is 11.1. The summed E-state index contributed by atoms with van der Waals surface area (Å²) in [6.45, 7) is 4.60. The molecule has 4 heteroatoms. The van der Waals surface area contributed by atoms with Crippen LogP contribution in [0.3, 0.4) is 0 Å². The molecule has 0 radical (unpaired) electrons. The first-order valence-corrected chi connectivity index (χ1v) is 6.86. The standard InChI is InChI=1S/C14H20BrNO2/c1-10(9-18-3)7-14(17)16-11(2)12-5-4-6-13(15)8-12/h4-6,8,10-11H,7,9H2,1-3H3,(H,16,17). The first-order valence-electron chi connectivity index (χ1n) is 6.06. The second-order valence-electron chi connectivity index (χ2n) is 4.61. The number of rotatable bonds is 6. The van der Waals surface area contributed by atoms with E-state index in [2.05, 4.69) is 21.2 Å². The molecule has 0 fully saturated rings. The quantitative estimate of drug-likeness (QED) is 0.875. The van der Waals surface area contributed by atoms with Crippen LogP contribution in [-0.4, -0.2) is 19.6 Å². The number of methoxy groups -OCH3 is 1. The summed E-state index contributed by atoms with van der Waals surface area (Å²) in [6, 6.07) is 7.98. The summed E-state index contributed by atoms with van der Waals surface area (Å²) in [5.74, 6) is 0.303. The molecule has 0 aliphatic carbocycles. The Kier molecular flexibility index (Phi) is 6.36. The molecule has 3 nitrogen and oxygen atoms in total. The van der Waals surface area contributed by atoms with Crippen molar-refractivity contribution < 1.29 is 9.53 Å². The third kappa shape index (κ3) is 5.19. The van der Waals surface area contributed by atoms with Gasteiger partial charge in [-0.15, -0.1) is 0 Å². The lowest BCUT2D eigenvalue weighted by atomic mass is 10.1. The number of hydrogen-bond acceptors (Lipinski definition) is 2. The average Bonchev–Trinajstić information content (AvgIpc) is 2.28. The van der Waals surface area contributed by atoms with E-state index in [0.717, 1.165) is 10.0 Å². The van der Waals surface area contributed by atoms with Crippen molar-refractivity contribution in [3.8, 4) is 0 Å². The monoisotopic (exact) mass is 313 g/mol. The van der Waals surface area contributed by atoms with Crippen LogP contribution in [0.1, 0.15) is 31.9 Å². The Morgan fingerprint density at radius 1 is 1.44 bits per heavy atom. The molecule has 1 amide bonds. The Balaban J connectivity index is 2.49. The molecule has 0 aliphatic heterocycles. The smallest absolute Gasteiger partial charge is 0.220 e. The fourth-order valence-corrected chi connectivity index (χ4v) is 2.24. The molecule has 0 bridgehead atoms. The molecule has 1 aromatic rings. The van der Waals surface area contributed by atoms with Gasteiger partial charge in [0, 0.05) is 24.6 Å². The summed E-state index contributed by atoms with van der Waals surface area (Å²) >= 11 is 3.43. The SMILES string of the molecule is COCC(C)CC(=O)NC(C)c1cccc(Br)c1. The zero-order chi connectivity index (χ0) is 13.5. The molecular formula is C14H20BrNO2. The molecule has 2 unspecified atom stereocenters. The van der Waals surface area contributed by atoms with Gasteiger partial charge >= 0.3 is 0 Å². The molecule has 1 rings (SSSR count). The Morgan fingerprint density at radius 3 is 2.78 bits per heavy atom. The maximum absolute atomic E-state index is 11.8. The minimum atomic E-state index is 0.0183. The second kappa shape index (κ2) is 7.54. The molecular weight excluding hydrogens is 294 g/mol. The van der Waals surface area contributed by atoms with Crippen molar-refractivity contribution in [3.63, 3.8) is 0 Å². The second-order valence-corrected chi connectivity index (χ2v) is 5.52. The Hall–Kier alpha value is -0.870. The first-order chi connectivity index (χ1) is 8.52. The molecule has 2 atom stereocenters. The molecule has 0 saturated carbocycles. The van der Waals surface area contributed by atoms with Gasteiger partial charge in [-0.1, -0.05) is 35.0 Å². The number of hydrogen-bond donors (Lipinski definition) is 1. The predicted molar refractivity (Wildman–Crippen MR) is 76.4 cm³/mol. The van der Waals surface area contributed by atoms with Gasteiger partial charge in [-0.25, -0.2) is 0 Å². The molecule has 18 heavy (non-hydrogen) atoms. The van der Waals surface area contributed by atoms with E-state index in [1.165, 1.54) is 0 Å². The number of carbonyl (C=O) groups excluding carboxylic acids is 1. The number of benzene rings is 1. The summed E-state index contributed by atoms with van der Waals surface area (Å²) < 4.78 is 6.05. The van der Waals surface area contributed by atoms with Crippen molar-refractivity contribution in [1.29, 1.82) is 0 Å². The van der Waals surface area contributed by atoms with Gasteiger partial charge in [0.15, 0.2) is 0 Å². The number of nitrogens with one attached hydrogen (secondary N) is 1. The minimum Gasteiger partial charge on any atom is -0.384 e. The third-order valence-electron chi connectivity index (χ3n) is 2.71. The molecule has 0 spiro atoms.